The molecular weight excluding hydrogens is 407 g/mol. The predicted molar refractivity (Wildman–Crippen MR) is 115 cm³/mol. The van der Waals surface area contributed by atoms with Crippen LogP contribution in [0, 0.1) is 0 Å². The molecular formula is C21H27FN4O5. The molecule has 2 rings (SSSR count). The van der Waals surface area contributed by atoms with E-state index in [2.05, 4.69) is 25.9 Å². The van der Waals surface area contributed by atoms with Crippen molar-refractivity contribution in [3.63, 3.8) is 0 Å². The van der Waals surface area contributed by atoms with Crippen LogP contribution in [0.3, 0.4) is 0 Å². The number of aldehydes is 1. The third-order valence-corrected chi connectivity index (χ3v) is 3.44. The first-order valence-electron chi connectivity index (χ1n) is 9.37. The lowest BCUT2D eigenvalue weighted by Gasteiger charge is -2.20. The molecule has 0 bridgehead atoms. The number of carbonyl (C=O) groups is 3. The maximum absolute atomic E-state index is 12.1. The minimum absolute atomic E-state index is 0.0790. The van der Waals surface area contributed by atoms with Crippen LogP contribution < -0.4 is 20.9 Å². The number of hydrogen-bond acceptors (Lipinski definition) is 7. The van der Waals surface area contributed by atoms with Gasteiger partial charge in [0, 0.05) is 23.5 Å². The molecule has 0 aliphatic rings. The van der Waals surface area contributed by atoms with E-state index in [1.807, 2.05) is 0 Å². The van der Waals surface area contributed by atoms with Crippen molar-refractivity contribution in [2.24, 2.45) is 0 Å². The van der Waals surface area contributed by atoms with E-state index in [4.69, 9.17) is 4.74 Å². The van der Waals surface area contributed by atoms with Crippen molar-refractivity contribution in [3.05, 3.63) is 48.2 Å². The van der Waals surface area contributed by atoms with Crippen molar-refractivity contribution in [1.82, 2.24) is 10.3 Å². The number of alkyl carbamates (subject to hydrolysis) is 1. The molecule has 168 valence electrons. The largest absolute Gasteiger partial charge is 0.444 e. The Balaban J connectivity index is 0.000000348. The fourth-order valence-corrected chi connectivity index (χ4v) is 2.10. The maximum atomic E-state index is 12.1. The van der Waals surface area contributed by atoms with Crippen molar-refractivity contribution in [3.8, 4) is 5.75 Å². The predicted octanol–water partition coefficient (Wildman–Crippen LogP) is 3.74. The lowest BCUT2D eigenvalue weighted by molar-refractivity contribution is -0.109. The summed E-state index contributed by atoms with van der Waals surface area (Å²) >= 11 is 0. The molecule has 0 aliphatic carbocycles. The summed E-state index contributed by atoms with van der Waals surface area (Å²) in [7, 11) is 1.69. The van der Waals surface area contributed by atoms with Gasteiger partial charge in [0.2, 0.25) is 0 Å². The highest BCUT2D eigenvalue weighted by atomic mass is 19.3. The zero-order valence-corrected chi connectivity index (χ0v) is 18.1. The third kappa shape index (κ3) is 9.57. The SMILES string of the molecule is CC(C=O)NC(=O)OC(C)(C)C.CNc1ncccc1C(=O)Nc1ccc(OF)cc1. The van der Waals surface area contributed by atoms with Gasteiger partial charge in [-0.25, -0.2) is 9.78 Å². The Kier molecular flexibility index (Phi) is 9.90. The van der Waals surface area contributed by atoms with Gasteiger partial charge in [-0.2, -0.15) is 0 Å². The highest BCUT2D eigenvalue weighted by molar-refractivity contribution is 6.07. The molecule has 10 heteroatoms. The Morgan fingerprint density at radius 1 is 1.16 bits per heavy atom. The van der Waals surface area contributed by atoms with Crippen LogP contribution in [0.4, 0.5) is 20.8 Å². The van der Waals surface area contributed by atoms with Crippen molar-refractivity contribution in [2.45, 2.75) is 39.3 Å². The Morgan fingerprint density at radius 3 is 2.32 bits per heavy atom. The molecule has 0 fully saturated rings. The second-order valence-corrected chi connectivity index (χ2v) is 7.28. The second-order valence-electron chi connectivity index (χ2n) is 7.28. The van der Waals surface area contributed by atoms with E-state index in [9.17, 15) is 18.9 Å². The van der Waals surface area contributed by atoms with Gasteiger partial charge in [0.05, 0.1) is 11.6 Å². The Hall–Kier alpha value is -3.69. The molecule has 1 atom stereocenters. The molecule has 2 amide bonds. The van der Waals surface area contributed by atoms with Gasteiger partial charge in [-0.05, 0) is 64.1 Å². The van der Waals surface area contributed by atoms with Crippen LogP contribution in [-0.2, 0) is 9.53 Å². The fraction of sp³-hybridized carbons (Fsp3) is 0.333. The van der Waals surface area contributed by atoms with E-state index >= 15 is 0 Å². The third-order valence-electron chi connectivity index (χ3n) is 3.44. The van der Waals surface area contributed by atoms with Crippen molar-refractivity contribution in [2.75, 3.05) is 17.7 Å². The number of rotatable bonds is 6. The zero-order valence-electron chi connectivity index (χ0n) is 18.1. The number of halogens is 1. The summed E-state index contributed by atoms with van der Waals surface area (Å²) < 4.78 is 16.8. The van der Waals surface area contributed by atoms with Crippen LogP contribution in [0.1, 0.15) is 38.1 Å². The first-order chi connectivity index (χ1) is 14.6. The topological polar surface area (TPSA) is 119 Å². The van der Waals surface area contributed by atoms with Crippen LogP contribution >= 0.6 is 0 Å². The first kappa shape index (κ1) is 25.3. The molecule has 0 saturated heterocycles. The minimum Gasteiger partial charge on any atom is -0.444 e. The van der Waals surface area contributed by atoms with Gasteiger partial charge in [-0.3, -0.25) is 9.74 Å². The van der Waals surface area contributed by atoms with Crippen molar-refractivity contribution in [1.29, 1.82) is 0 Å². The Bertz CT molecular complexity index is 869. The summed E-state index contributed by atoms with van der Waals surface area (Å²) in [6.45, 7) is 6.87. The summed E-state index contributed by atoms with van der Waals surface area (Å²) in [5.41, 5.74) is 0.444. The number of pyridine rings is 1. The molecule has 0 radical (unpaired) electrons. The average Bonchev–Trinajstić information content (AvgIpc) is 2.73. The van der Waals surface area contributed by atoms with Gasteiger partial charge in [0.25, 0.3) is 5.91 Å². The molecule has 2 aromatic rings. The number of anilines is 2. The molecule has 0 aliphatic heterocycles. The Labute approximate surface area is 180 Å². The van der Waals surface area contributed by atoms with E-state index in [1.54, 1.807) is 65.2 Å². The number of aromatic nitrogens is 1. The van der Waals surface area contributed by atoms with Gasteiger partial charge >= 0.3 is 6.09 Å². The normalized spacial score (nSPS) is 11.2. The molecule has 0 saturated carbocycles. The molecule has 9 nitrogen and oxygen atoms in total. The quantitative estimate of drug-likeness (QED) is 0.593. The zero-order chi connectivity index (χ0) is 23.4. The molecule has 31 heavy (non-hydrogen) atoms. The van der Waals surface area contributed by atoms with E-state index in [0.29, 0.717) is 23.4 Å². The van der Waals surface area contributed by atoms with Crippen LogP contribution in [0.15, 0.2) is 42.6 Å². The number of benzene rings is 1. The monoisotopic (exact) mass is 434 g/mol. The number of nitrogens with one attached hydrogen (secondary N) is 3. The fourth-order valence-electron chi connectivity index (χ4n) is 2.10. The molecule has 1 aromatic carbocycles. The Morgan fingerprint density at radius 2 is 1.81 bits per heavy atom. The molecule has 0 spiro atoms. The smallest absolute Gasteiger partial charge is 0.408 e. The van der Waals surface area contributed by atoms with E-state index in [-0.39, 0.29) is 11.7 Å². The van der Waals surface area contributed by atoms with Gasteiger partial charge in [-0.15, -0.1) is 0 Å². The summed E-state index contributed by atoms with van der Waals surface area (Å²) in [4.78, 5) is 40.7. The molecule has 1 aromatic heterocycles. The summed E-state index contributed by atoms with van der Waals surface area (Å²) in [6.07, 6.45) is 1.67. The highest BCUT2D eigenvalue weighted by Gasteiger charge is 2.17. The number of amides is 2. The van der Waals surface area contributed by atoms with E-state index in [0.717, 1.165) is 0 Å². The molecule has 1 heterocycles. The van der Waals surface area contributed by atoms with Gasteiger partial charge in [-0.1, -0.05) is 0 Å². The number of ether oxygens (including phenoxy) is 1. The van der Waals surface area contributed by atoms with Crippen LogP contribution in [0.2, 0.25) is 0 Å². The molecule has 3 N–H and O–H groups in total. The lowest BCUT2D eigenvalue weighted by atomic mass is 10.2. The highest BCUT2D eigenvalue weighted by Crippen LogP contribution is 2.18. The van der Waals surface area contributed by atoms with E-state index in [1.165, 1.54) is 12.1 Å². The lowest BCUT2D eigenvalue weighted by Crippen LogP contribution is -2.38. The molecule has 1 unspecified atom stereocenters. The average molecular weight is 434 g/mol. The number of nitrogens with zero attached hydrogens (tertiary/aromatic N) is 1. The van der Waals surface area contributed by atoms with Crippen LogP contribution in [-0.4, -0.2) is 42.0 Å². The number of carbonyl (C=O) groups excluding carboxylic acids is 3. The minimum atomic E-state index is -0.568. The summed E-state index contributed by atoms with van der Waals surface area (Å²) in [6, 6.07) is 8.75. The van der Waals surface area contributed by atoms with Gasteiger partial charge in [0.1, 0.15) is 17.7 Å². The van der Waals surface area contributed by atoms with Gasteiger partial charge in [0.15, 0.2) is 5.75 Å². The van der Waals surface area contributed by atoms with Crippen LogP contribution in [0.5, 0.6) is 5.75 Å². The standard InChI is InChI=1S/C13H12FN3O2.C8H15NO3/c1-15-12-11(3-2-8-16-12)13(18)17-9-4-6-10(19-14)7-5-9;1-6(5-10)9-7(11)12-8(2,3)4/h2-8H,1H3,(H,15,16)(H,17,18);5-6H,1-4H3,(H,9,11). The number of hydrogen-bond donors (Lipinski definition) is 3. The second kappa shape index (κ2) is 12.1. The van der Waals surface area contributed by atoms with Crippen molar-refractivity contribution < 1.29 is 28.6 Å². The summed E-state index contributed by atoms with van der Waals surface area (Å²) in [5.74, 6) is 0.269. The van der Waals surface area contributed by atoms with Crippen molar-refractivity contribution >= 4 is 29.8 Å². The van der Waals surface area contributed by atoms with E-state index < -0.39 is 17.7 Å². The summed E-state index contributed by atoms with van der Waals surface area (Å²) in [5, 5.41) is 7.88. The van der Waals surface area contributed by atoms with Crippen LogP contribution in [0.25, 0.3) is 0 Å². The first-order valence-corrected chi connectivity index (χ1v) is 9.37. The van der Waals surface area contributed by atoms with Gasteiger partial charge < -0.3 is 25.5 Å². The maximum Gasteiger partial charge on any atom is 0.408 e.